The van der Waals surface area contributed by atoms with Gasteiger partial charge in [0.2, 0.25) is 5.91 Å². The number of carbonyl (C=O) groups is 1. The zero-order valence-electron chi connectivity index (χ0n) is 14.1. The molecule has 0 radical (unpaired) electrons. The Morgan fingerprint density at radius 2 is 1.84 bits per heavy atom. The molecule has 3 aromatic rings. The Morgan fingerprint density at radius 1 is 1.08 bits per heavy atom. The highest BCUT2D eigenvalue weighted by atomic mass is 32.1. The molecule has 4 heteroatoms. The Morgan fingerprint density at radius 3 is 2.64 bits per heavy atom. The number of amides is 1. The van der Waals surface area contributed by atoms with E-state index >= 15 is 0 Å². The van der Waals surface area contributed by atoms with E-state index in [1.54, 1.807) is 11.3 Å². The highest BCUT2D eigenvalue weighted by Crippen LogP contribution is 2.39. The van der Waals surface area contributed by atoms with Gasteiger partial charge in [0.1, 0.15) is 0 Å². The first-order chi connectivity index (χ1) is 12.2. The van der Waals surface area contributed by atoms with Crippen molar-refractivity contribution in [1.29, 1.82) is 0 Å². The maximum atomic E-state index is 12.9. The zero-order chi connectivity index (χ0) is 17.2. The molecular weight excluding hydrogens is 328 g/mol. The average Bonchev–Trinajstić information content (AvgIpc) is 3.07. The number of allylic oxidation sites excluding steroid dienone is 2. The van der Waals surface area contributed by atoms with Crippen LogP contribution in [0.4, 0.5) is 5.69 Å². The largest absolute Gasteiger partial charge is 0.326 e. The third-order valence-electron chi connectivity index (χ3n) is 4.72. The van der Waals surface area contributed by atoms with Crippen molar-refractivity contribution in [2.75, 3.05) is 5.32 Å². The summed E-state index contributed by atoms with van der Waals surface area (Å²) in [5.41, 5.74) is 3.06. The molecule has 25 heavy (non-hydrogen) atoms. The van der Waals surface area contributed by atoms with Crippen molar-refractivity contribution in [3.63, 3.8) is 0 Å². The fourth-order valence-corrected chi connectivity index (χ4v) is 4.44. The lowest BCUT2D eigenvalue weighted by Crippen LogP contribution is -2.29. The van der Waals surface area contributed by atoms with Crippen LogP contribution in [0.15, 0.2) is 60.7 Å². The van der Waals surface area contributed by atoms with Gasteiger partial charge in [0, 0.05) is 11.6 Å². The summed E-state index contributed by atoms with van der Waals surface area (Å²) in [6.07, 6.45) is 5.92. The molecule has 1 N–H and O–H groups in total. The molecule has 0 unspecified atom stereocenters. The van der Waals surface area contributed by atoms with E-state index in [0.717, 1.165) is 29.1 Å². The molecule has 1 aromatic heterocycles. The summed E-state index contributed by atoms with van der Waals surface area (Å²) in [6, 6.07) is 16.1. The third-order valence-corrected chi connectivity index (χ3v) is 5.88. The van der Waals surface area contributed by atoms with Crippen molar-refractivity contribution in [2.45, 2.75) is 25.7 Å². The predicted octanol–water partition coefficient (Wildman–Crippen LogP) is 5.29. The van der Waals surface area contributed by atoms with Gasteiger partial charge >= 0.3 is 0 Å². The van der Waals surface area contributed by atoms with E-state index in [4.69, 9.17) is 4.98 Å². The van der Waals surface area contributed by atoms with E-state index in [2.05, 4.69) is 23.5 Å². The fraction of sp³-hybridized carbons (Fsp3) is 0.238. The molecule has 1 heterocycles. The number of carbonyl (C=O) groups excluding carboxylic acids is 1. The molecule has 0 bridgehead atoms. The molecule has 4 rings (SSSR count). The summed E-state index contributed by atoms with van der Waals surface area (Å²) in [4.78, 5) is 17.7. The highest BCUT2D eigenvalue weighted by molar-refractivity contribution is 7.18. The molecule has 2 aromatic carbocycles. The predicted molar refractivity (Wildman–Crippen MR) is 104 cm³/mol. The van der Waals surface area contributed by atoms with Gasteiger partial charge in [-0.1, -0.05) is 42.0 Å². The first-order valence-electron chi connectivity index (χ1n) is 8.59. The van der Waals surface area contributed by atoms with Crippen molar-refractivity contribution in [3.8, 4) is 0 Å². The molecule has 126 valence electrons. The second-order valence-electron chi connectivity index (χ2n) is 6.53. The van der Waals surface area contributed by atoms with Gasteiger partial charge in [-0.3, -0.25) is 4.79 Å². The lowest BCUT2D eigenvalue weighted by Gasteiger charge is -2.26. The summed E-state index contributed by atoms with van der Waals surface area (Å²) < 4.78 is 1.18. The number of aromatic nitrogens is 1. The van der Waals surface area contributed by atoms with E-state index < -0.39 is 0 Å². The maximum Gasteiger partial charge on any atom is 0.228 e. The summed E-state index contributed by atoms with van der Waals surface area (Å²) >= 11 is 1.71. The number of rotatable bonds is 3. The lowest BCUT2D eigenvalue weighted by molar-refractivity contribution is -0.120. The minimum absolute atomic E-state index is 0.0770. The van der Waals surface area contributed by atoms with Crippen molar-refractivity contribution < 1.29 is 4.79 Å². The number of thiazole rings is 1. The van der Waals surface area contributed by atoms with Crippen LogP contribution in [0.1, 0.15) is 29.3 Å². The summed E-state index contributed by atoms with van der Waals surface area (Å²) in [5.74, 6) is 0.150. The van der Waals surface area contributed by atoms with Gasteiger partial charge in [-0.05, 0) is 44.0 Å². The second-order valence-corrected chi connectivity index (χ2v) is 7.59. The highest BCUT2D eigenvalue weighted by Gasteiger charge is 2.32. The quantitative estimate of drug-likeness (QED) is 0.653. The Bertz CT molecular complexity index is 893. The smallest absolute Gasteiger partial charge is 0.228 e. The number of nitrogens with one attached hydrogen (secondary N) is 1. The Hall–Kier alpha value is -2.46. The van der Waals surface area contributed by atoms with Crippen LogP contribution in [0.5, 0.6) is 0 Å². The van der Waals surface area contributed by atoms with Gasteiger partial charge in [0.05, 0.1) is 21.1 Å². The minimum atomic E-state index is -0.0770. The van der Waals surface area contributed by atoms with Crippen LogP contribution in [0.2, 0.25) is 0 Å². The number of benzene rings is 2. The topological polar surface area (TPSA) is 42.0 Å². The third kappa shape index (κ3) is 3.35. The Balaban J connectivity index is 1.59. The summed E-state index contributed by atoms with van der Waals surface area (Å²) in [5, 5.41) is 4.14. The van der Waals surface area contributed by atoms with Crippen LogP contribution in [0.3, 0.4) is 0 Å². The van der Waals surface area contributed by atoms with Crippen LogP contribution in [-0.2, 0) is 4.79 Å². The summed E-state index contributed by atoms with van der Waals surface area (Å²) in [6.45, 7) is 2.04. The van der Waals surface area contributed by atoms with E-state index in [1.165, 1.54) is 10.3 Å². The van der Waals surface area contributed by atoms with E-state index in [-0.39, 0.29) is 17.7 Å². The van der Waals surface area contributed by atoms with Crippen LogP contribution in [0.25, 0.3) is 10.2 Å². The number of nitrogens with zero attached hydrogens (tertiary/aromatic N) is 1. The standard InChI is InChI=1S/C21H20N2OS/c1-14-10-12-15(13-11-14)22-20(24)16-6-2-3-7-17(16)21-23-18-8-4-5-9-19(18)25-21/h2-5,8-13,16-17H,6-7H2,1H3,(H,22,24)/t16-,17+/m1/s1. The second kappa shape index (κ2) is 6.81. The van der Waals surface area contributed by atoms with Gasteiger partial charge in [-0.15, -0.1) is 11.3 Å². The SMILES string of the molecule is Cc1ccc(NC(=O)[C@@H]2CC=CC[C@@H]2c2nc3ccccc3s2)cc1. The van der Waals surface area contributed by atoms with Gasteiger partial charge < -0.3 is 5.32 Å². The number of fused-ring (bicyclic) bond motifs is 1. The first kappa shape index (κ1) is 16.0. The normalized spacial score (nSPS) is 19.9. The first-order valence-corrected chi connectivity index (χ1v) is 9.40. The lowest BCUT2D eigenvalue weighted by atomic mass is 9.82. The average molecular weight is 348 g/mol. The number of hydrogen-bond acceptors (Lipinski definition) is 3. The van der Waals surface area contributed by atoms with E-state index in [9.17, 15) is 4.79 Å². The van der Waals surface area contributed by atoms with Crippen molar-refractivity contribution in [1.82, 2.24) is 4.98 Å². The molecule has 0 fully saturated rings. The maximum absolute atomic E-state index is 12.9. The minimum Gasteiger partial charge on any atom is -0.326 e. The van der Waals surface area contributed by atoms with Crippen molar-refractivity contribution in [2.24, 2.45) is 5.92 Å². The molecule has 1 aliphatic rings. The van der Waals surface area contributed by atoms with Crippen molar-refractivity contribution in [3.05, 3.63) is 71.3 Å². The molecular formula is C21H20N2OS. The van der Waals surface area contributed by atoms with Gasteiger partial charge in [-0.2, -0.15) is 0 Å². The van der Waals surface area contributed by atoms with Crippen LogP contribution in [0, 0.1) is 12.8 Å². The van der Waals surface area contributed by atoms with Crippen LogP contribution < -0.4 is 5.32 Å². The van der Waals surface area contributed by atoms with E-state index in [1.807, 2.05) is 49.4 Å². The molecule has 1 aliphatic carbocycles. The molecule has 3 nitrogen and oxygen atoms in total. The Labute approximate surface area is 151 Å². The van der Waals surface area contributed by atoms with Crippen LogP contribution >= 0.6 is 11.3 Å². The van der Waals surface area contributed by atoms with Crippen molar-refractivity contribution >= 4 is 33.1 Å². The number of para-hydroxylation sites is 1. The molecule has 2 atom stereocenters. The molecule has 0 saturated heterocycles. The summed E-state index contributed by atoms with van der Waals surface area (Å²) in [7, 11) is 0. The fourth-order valence-electron chi connectivity index (χ4n) is 3.30. The van der Waals surface area contributed by atoms with Crippen LogP contribution in [-0.4, -0.2) is 10.9 Å². The van der Waals surface area contributed by atoms with Gasteiger partial charge in [0.25, 0.3) is 0 Å². The molecule has 1 amide bonds. The Kier molecular flexibility index (Phi) is 4.36. The molecule has 0 saturated carbocycles. The molecule has 0 spiro atoms. The van der Waals surface area contributed by atoms with E-state index in [0.29, 0.717) is 0 Å². The van der Waals surface area contributed by atoms with Gasteiger partial charge in [-0.25, -0.2) is 4.98 Å². The molecule has 0 aliphatic heterocycles. The monoisotopic (exact) mass is 348 g/mol. The van der Waals surface area contributed by atoms with Gasteiger partial charge in [0.15, 0.2) is 0 Å². The zero-order valence-corrected chi connectivity index (χ0v) is 14.9. The number of hydrogen-bond donors (Lipinski definition) is 1. The number of aryl methyl sites for hydroxylation is 1. The number of anilines is 1.